The fourth-order valence-corrected chi connectivity index (χ4v) is 2.73. The molecule has 0 bridgehead atoms. The minimum absolute atomic E-state index is 0.144. The fraction of sp³-hybridized carbons (Fsp3) is 0.667. The van der Waals surface area contributed by atoms with Gasteiger partial charge < -0.3 is 15.0 Å². The lowest BCUT2D eigenvalue weighted by molar-refractivity contribution is -0.131. The van der Waals surface area contributed by atoms with Crippen LogP contribution in [0.3, 0.4) is 0 Å². The van der Waals surface area contributed by atoms with Crippen LogP contribution in [0.15, 0.2) is 5.51 Å². The van der Waals surface area contributed by atoms with Crippen molar-refractivity contribution in [1.82, 2.24) is 15.2 Å². The van der Waals surface area contributed by atoms with E-state index in [-0.39, 0.29) is 11.9 Å². The molecule has 0 spiro atoms. The molecular formula is C12H19N3O2S. The highest BCUT2D eigenvalue weighted by molar-refractivity contribution is 7.09. The summed E-state index contributed by atoms with van der Waals surface area (Å²) in [7, 11) is 1.84. The Kier molecular flexibility index (Phi) is 4.68. The highest BCUT2D eigenvalue weighted by Gasteiger charge is 2.19. The maximum absolute atomic E-state index is 12.1. The zero-order valence-corrected chi connectivity index (χ0v) is 11.6. The minimum Gasteiger partial charge on any atom is -0.378 e. The van der Waals surface area contributed by atoms with Gasteiger partial charge in [-0.1, -0.05) is 0 Å². The monoisotopic (exact) mass is 269 g/mol. The Hall–Kier alpha value is -0.980. The number of carbonyl (C=O) groups excluding carboxylic acids is 1. The maximum atomic E-state index is 12.1. The van der Waals surface area contributed by atoms with E-state index in [2.05, 4.69) is 10.3 Å². The summed E-state index contributed by atoms with van der Waals surface area (Å²) in [6, 6.07) is 0.149. The number of rotatable bonds is 4. The lowest BCUT2D eigenvalue weighted by atomic mass is 10.2. The molecule has 1 aliphatic rings. The number of thiazole rings is 1. The molecule has 1 amide bonds. The largest absolute Gasteiger partial charge is 0.378 e. The van der Waals surface area contributed by atoms with Gasteiger partial charge in [0.15, 0.2) is 0 Å². The topological polar surface area (TPSA) is 54.5 Å². The van der Waals surface area contributed by atoms with Crippen LogP contribution in [0, 0.1) is 6.92 Å². The Morgan fingerprint density at radius 2 is 2.56 bits per heavy atom. The number of nitrogens with zero attached hydrogens (tertiary/aromatic N) is 2. The van der Waals surface area contributed by atoms with E-state index in [1.165, 1.54) is 0 Å². The average molecular weight is 269 g/mol. The van der Waals surface area contributed by atoms with Crippen molar-refractivity contribution in [3.8, 4) is 0 Å². The van der Waals surface area contributed by atoms with Crippen LogP contribution < -0.4 is 5.32 Å². The van der Waals surface area contributed by atoms with Crippen LogP contribution >= 0.6 is 11.3 Å². The van der Waals surface area contributed by atoms with E-state index in [1.807, 2.05) is 19.5 Å². The Balaban J connectivity index is 1.83. The summed E-state index contributed by atoms with van der Waals surface area (Å²) < 4.78 is 5.35. The molecule has 0 saturated carbocycles. The van der Waals surface area contributed by atoms with Crippen LogP contribution in [0.2, 0.25) is 0 Å². The molecule has 18 heavy (non-hydrogen) atoms. The molecule has 5 nitrogen and oxygen atoms in total. The zero-order valence-electron chi connectivity index (χ0n) is 10.8. The van der Waals surface area contributed by atoms with E-state index in [4.69, 9.17) is 4.74 Å². The summed E-state index contributed by atoms with van der Waals surface area (Å²) >= 11 is 1.60. The van der Waals surface area contributed by atoms with Crippen molar-refractivity contribution >= 4 is 17.2 Å². The molecule has 1 fully saturated rings. The maximum Gasteiger partial charge on any atom is 0.224 e. The lowest BCUT2D eigenvalue weighted by Crippen LogP contribution is -2.44. The van der Waals surface area contributed by atoms with Crippen molar-refractivity contribution < 1.29 is 9.53 Å². The number of aryl methyl sites for hydroxylation is 1. The molecule has 1 atom stereocenters. The van der Waals surface area contributed by atoms with E-state index < -0.39 is 0 Å². The van der Waals surface area contributed by atoms with Crippen LogP contribution in [0.25, 0.3) is 0 Å². The Morgan fingerprint density at radius 3 is 3.17 bits per heavy atom. The average Bonchev–Trinajstić information content (AvgIpc) is 2.76. The first-order valence-electron chi connectivity index (χ1n) is 6.11. The van der Waals surface area contributed by atoms with E-state index in [1.54, 1.807) is 16.2 Å². The van der Waals surface area contributed by atoms with Gasteiger partial charge in [0.05, 0.1) is 31.0 Å². The molecule has 1 N–H and O–H groups in total. The summed E-state index contributed by atoms with van der Waals surface area (Å²) in [5.74, 6) is 0.144. The predicted molar refractivity (Wildman–Crippen MR) is 70.6 cm³/mol. The first-order chi connectivity index (χ1) is 8.66. The predicted octanol–water partition coefficient (Wildman–Crippen LogP) is 0.788. The molecule has 1 unspecified atom stereocenters. The van der Waals surface area contributed by atoms with Crippen LogP contribution in [0.1, 0.15) is 17.0 Å². The number of morpholine rings is 1. The van der Waals surface area contributed by atoms with E-state index >= 15 is 0 Å². The molecule has 2 heterocycles. The SMILES string of the molecule is Cc1ncsc1CN(C)C(=O)CC1COCCN1. The molecule has 6 heteroatoms. The molecule has 0 aliphatic carbocycles. The Bertz CT molecular complexity index is 402. The molecule has 100 valence electrons. The Labute approximate surface area is 111 Å². The van der Waals surface area contributed by atoms with Gasteiger partial charge in [-0.2, -0.15) is 0 Å². The lowest BCUT2D eigenvalue weighted by Gasteiger charge is -2.25. The van der Waals surface area contributed by atoms with Gasteiger partial charge >= 0.3 is 0 Å². The number of hydrogen-bond acceptors (Lipinski definition) is 5. The van der Waals surface area contributed by atoms with Crippen molar-refractivity contribution in [3.05, 3.63) is 16.1 Å². The normalized spacial score (nSPS) is 19.8. The van der Waals surface area contributed by atoms with Gasteiger partial charge in [-0.3, -0.25) is 4.79 Å². The number of amides is 1. The molecule has 1 saturated heterocycles. The number of aromatic nitrogens is 1. The molecule has 2 rings (SSSR count). The second kappa shape index (κ2) is 6.26. The van der Waals surface area contributed by atoms with Gasteiger partial charge in [0.1, 0.15) is 0 Å². The summed E-state index contributed by atoms with van der Waals surface area (Å²) in [6.45, 7) is 4.80. The van der Waals surface area contributed by atoms with Gasteiger partial charge in [0.25, 0.3) is 0 Å². The molecule has 1 aromatic rings. The van der Waals surface area contributed by atoms with E-state index in [9.17, 15) is 4.79 Å². The quantitative estimate of drug-likeness (QED) is 0.878. The van der Waals surface area contributed by atoms with Crippen LogP contribution in [-0.2, 0) is 16.1 Å². The van der Waals surface area contributed by atoms with Crippen molar-refractivity contribution in [2.75, 3.05) is 26.8 Å². The zero-order chi connectivity index (χ0) is 13.0. The van der Waals surface area contributed by atoms with Gasteiger partial charge in [0.2, 0.25) is 5.91 Å². The number of hydrogen-bond donors (Lipinski definition) is 1. The molecule has 0 aromatic carbocycles. The smallest absolute Gasteiger partial charge is 0.224 e. The summed E-state index contributed by atoms with van der Waals surface area (Å²) in [5, 5.41) is 3.29. The van der Waals surface area contributed by atoms with E-state index in [0.29, 0.717) is 19.6 Å². The highest BCUT2D eigenvalue weighted by atomic mass is 32.1. The summed E-state index contributed by atoms with van der Waals surface area (Å²) in [6.07, 6.45) is 0.494. The highest BCUT2D eigenvalue weighted by Crippen LogP contribution is 2.15. The minimum atomic E-state index is 0.144. The first kappa shape index (κ1) is 13.5. The van der Waals surface area contributed by atoms with Gasteiger partial charge in [-0.25, -0.2) is 4.98 Å². The first-order valence-corrected chi connectivity index (χ1v) is 6.99. The van der Waals surface area contributed by atoms with Crippen LogP contribution in [0.5, 0.6) is 0 Å². The third-order valence-electron chi connectivity index (χ3n) is 3.07. The molecule has 0 radical (unpaired) electrons. The number of ether oxygens (including phenoxy) is 1. The van der Waals surface area contributed by atoms with Gasteiger partial charge in [-0.15, -0.1) is 11.3 Å². The molecular weight excluding hydrogens is 250 g/mol. The van der Waals surface area contributed by atoms with Crippen molar-refractivity contribution in [3.63, 3.8) is 0 Å². The Morgan fingerprint density at radius 1 is 1.72 bits per heavy atom. The van der Waals surface area contributed by atoms with Crippen molar-refractivity contribution in [2.45, 2.75) is 25.9 Å². The fourth-order valence-electron chi connectivity index (χ4n) is 1.90. The summed E-state index contributed by atoms with van der Waals surface area (Å²) in [4.78, 5) is 19.2. The second-order valence-electron chi connectivity index (χ2n) is 4.54. The number of nitrogens with one attached hydrogen (secondary N) is 1. The van der Waals surface area contributed by atoms with Crippen LogP contribution in [-0.4, -0.2) is 48.6 Å². The standard InChI is InChI=1S/C12H19N3O2S/c1-9-11(18-8-14-9)6-15(2)12(16)5-10-7-17-4-3-13-10/h8,10,13H,3-7H2,1-2H3. The third kappa shape index (κ3) is 3.51. The molecule has 1 aromatic heterocycles. The summed E-state index contributed by atoms with van der Waals surface area (Å²) in [5.41, 5.74) is 2.83. The van der Waals surface area contributed by atoms with Crippen molar-refractivity contribution in [2.24, 2.45) is 0 Å². The van der Waals surface area contributed by atoms with E-state index in [0.717, 1.165) is 23.7 Å². The second-order valence-corrected chi connectivity index (χ2v) is 5.48. The third-order valence-corrected chi connectivity index (χ3v) is 3.99. The van der Waals surface area contributed by atoms with Gasteiger partial charge in [-0.05, 0) is 6.92 Å². The number of carbonyl (C=O) groups is 1. The van der Waals surface area contributed by atoms with Crippen molar-refractivity contribution in [1.29, 1.82) is 0 Å². The van der Waals surface area contributed by atoms with Crippen LogP contribution in [0.4, 0.5) is 0 Å². The molecule has 1 aliphatic heterocycles. The van der Waals surface area contributed by atoms with Gasteiger partial charge in [0, 0.05) is 30.9 Å².